The molecule has 0 amide bonds. The maximum Gasteiger partial charge on any atom is 0.126 e. The van der Waals surface area contributed by atoms with Crippen molar-refractivity contribution in [2.75, 3.05) is 7.11 Å². The van der Waals surface area contributed by atoms with E-state index in [0.717, 1.165) is 5.56 Å². The van der Waals surface area contributed by atoms with Crippen molar-refractivity contribution in [2.24, 2.45) is 5.73 Å². The minimum Gasteiger partial charge on any atom is -0.496 e. The molecule has 0 aliphatic heterocycles. The molecule has 0 unspecified atom stereocenters. The lowest BCUT2D eigenvalue weighted by Crippen LogP contribution is -2.34. The highest BCUT2D eigenvalue weighted by Gasteiger charge is 2.16. The normalized spacial score (nSPS) is 11.6. The van der Waals surface area contributed by atoms with Gasteiger partial charge in [0.25, 0.3) is 0 Å². The average molecular weight is 211 g/mol. The van der Waals surface area contributed by atoms with Gasteiger partial charge in [-0.15, -0.1) is 0 Å². The van der Waals surface area contributed by atoms with E-state index < -0.39 is 0 Å². The van der Waals surface area contributed by atoms with Crippen LogP contribution in [0, 0.1) is 12.7 Å². The van der Waals surface area contributed by atoms with Crippen LogP contribution >= 0.6 is 0 Å². The maximum absolute atomic E-state index is 13.4. The molecule has 15 heavy (non-hydrogen) atoms. The van der Waals surface area contributed by atoms with E-state index in [2.05, 4.69) is 0 Å². The summed E-state index contributed by atoms with van der Waals surface area (Å²) in [6.07, 6.45) is 0.591. The predicted octanol–water partition coefficient (Wildman–Crippen LogP) is 2.42. The molecule has 0 saturated carbocycles. The van der Waals surface area contributed by atoms with E-state index >= 15 is 0 Å². The van der Waals surface area contributed by atoms with Gasteiger partial charge in [0.2, 0.25) is 0 Å². The van der Waals surface area contributed by atoms with Crippen LogP contribution in [-0.2, 0) is 6.42 Å². The van der Waals surface area contributed by atoms with Crippen molar-refractivity contribution < 1.29 is 9.13 Å². The quantitative estimate of drug-likeness (QED) is 0.833. The Hall–Kier alpha value is -1.09. The monoisotopic (exact) mass is 211 g/mol. The second-order valence-corrected chi connectivity index (χ2v) is 4.58. The lowest BCUT2D eigenvalue weighted by Gasteiger charge is -2.20. The maximum atomic E-state index is 13.4. The number of hydrogen-bond donors (Lipinski definition) is 1. The Balaban J connectivity index is 3.11. The molecule has 3 heteroatoms. The second kappa shape index (κ2) is 4.19. The van der Waals surface area contributed by atoms with Gasteiger partial charge in [0.05, 0.1) is 7.11 Å². The SMILES string of the molecule is COc1cc(C)c(F)cc1CC(C)(C)N. The van der Waals surface area contributed by atoms with Gasteiger partial charge in [-0.05, 0) is 50.5 Å². The number of methoxy groups -OCH3 is 1. The molecule has 0 radical (unpaired) electrons. The first kappa shape index (κ1) is 12.0. The van der Waals surface area contributed by atoms with Crippen LogP contribution in [-0.4, -0.2) is 12.6 Å². The number of nitrogens with two attached hydrogens (primary N) is 1. The zero-order chi connectivity index (χ0) is 11.6. The average Bonchev–Trinajstić information content (AvgIpc) is 2.08. The Labute approximate surface area is 90.2 Å². The number of ether oxygens (including phenoxy) is 1. The number of hydrogen-bond acceptors (Lipinski definition) is 2. The van der Waals surface area contributed by atoms with Gasteiger partial charge in [0.15, 0.2) is 0 Å². The third kappa shape index (κ3) is 3.20. The van der Waals surface area contributed by atoms with Gasteiger partial charge in [-0.3, -0.25) is 0 Å². The Morgan fingerprint density at radius 1 is 1.40 bits per heavy atom. The van der Waals surface area contributed by atoms with Crippen molar-refractivity contribution in [3.8, 4) is 5.75 Å². The smallest absolute Gasteiger partial charge is 0.126 e. The molecule has 1 rings (SSSR count). The van der Waals surface area contributed by atoms with Gasteiger partial charge < -0.3 is 10.5 Å². The van der Waals surface area contributed by atoms with Gasteiger partial charge in [-0.25, -0.2) is 4.39 Å². The van der Waals surface area contributed by atoms with E-state index in [1.165, 1.54) is 6.07 Å². The molecule has 0 heterocycles. The zero-order valence-corrected chi connectivity index (χ0v) is 9.73. The van der Waals surface area contributed by atoms with Crippen LogP contribution in [0.5, 0.6) is 5.75 Å². The van der Waals surface area contributed by atoms with Crippen LogP contribution in [0.15, 0.2) is 12.1 Å². The highest BCUT2D eigenvalue weighted by Crippen LogP contribution is 2.25. The topological polar surface area (TPSA) is 35.2 Å². The highest BCUT2D eigenvalue weighted by molar-refractivity contribution is 5.39. The van der Waals surface area contributed by atoms with Crippen LogP contribution in [0.2, 0.25) is 0 Å². The third-order valence-electron chi connectivity index (χ3n) is 2.21. The Bertz CT molecular complexity index is 355. The Kier molecular flexibility index (Phi) is 3.35. The van der Waals surface area contributed by atoms with E-state index in [0.29, 0.717) is 17.7 Å². The van der Waals surface area contributed by atoms with Crippen molar-refractivity contribution in [1.82, 2.24) is 0 Å². The molecule has 0 saturated heterocycles. The molecule has 2 nitrogen and oxygen atoms in total. The van der Waals surface area contributed by atoms with Gasteiger partial charge in [-0.2, -0.15) is 0 Å². The van der Waals surface area contributed by atoms with E-state index in [1.54, 1.807) is 20.1 Å². The van der Waals surface area contributed by atoms with Crippen LogP contribution in [0.1, 0.15) is 25.0 Å². The molecule has 0 aliphatic rings. The Morgan fingerprint density at radius 2 is 2.00 bits per heavy atom. The first-order chi connectivity index (χ1) is 6.83. The van der Waals surface area contributed by atoms with Crippen molar-refractivity contribution in [3.63, 3.8) is 0 Å². The minimum absolute atomic E-state index is 0.213. The summed E-state index contributed by atoms with van der Waals surface area (Å²) >= 11 is 0. The van der Waals surface area contributed by atoms with Gasteiger partial charge >= 0.3 is 0 Å². The summed E-state index contributed by atoms with van der Waals surface area (Å²) in [6, 6.07) is 3.21. The largest absolute Gasteiger partial charge is 0.496 e. The first-order valence-corrected chi connectivity index (χ1v) is 4.95. The third-order valence-corrected chi connectivity index (χ3v) is 2.21. The summed E-state index contributed by atoms with van der Waals surface area (Å²) in [5.41, 5.74) is 6.94. The first-order valence-electron chi connectivity index (χ1n) is 4.95. The Morgan fingerprint density at radius 3 is 2.47 bits per heavy atom. The van der Waals surface area contributed by atoms with E-state index in [1.807, 2.05) is 13.8 Å². The molecule has 0 atom stereocenters. The summed E-state index contributed by atoms with van der Waals surface area (Å²) in [5, 5.41) is 0. The molecular weight excluding hydrogens is 193 g/mol. The fourth-order valence-corrected chi connectivity index (χ4v) is 1.52. The van der Waals surface area contributed by atoms with Crippen molar-refractivity contribution in [2.45, 2.75) is 32.7 Å². The second-order valence-electron chi connectivity index (χ2n) is 4.58. The number of halogens is 1. The molecular formula is C12H18FNO. The lowest BCUT2D eigenvalue weighted by molar-refractivity contribution is 0.400. The molecule has 0 aliphatic carbocycles. The molecule has 1 aromatic carbocycles. The lowest BCUT2D eigenvalue weighted by atomic mass is 9.95. The molecule has 0 aromatic heterocycles. The van der Waals surface area contributed by atoms with Crippen LogP contribution in [0.4, 0.5) is 4.39 Å². The van der Waals surface area contributed by atoms with Gasteiger partial charge in [0, 0.05) is 5.54 Å². The summed E-state index contributed by atoms with van der Waals surface area (Å²) in [4.78, 5) is 0. The van der Waals surface area contributed by atoms with E-state index in [-0.39, 0.29) is 11.4 Å². The minimum atomic E-state index is -0.366. The summed E-state index contributed by atoms with van der Waals surface area (Å²) in [7, 11) is 1.58. The van der Waals surface area contributed by atoms with Crippen molar-refractivity contribution in [1.29, 1.82) is 0 Å². The predicted molar refractivity (Wildman–Crippen MR) is 59.7 cm³/mol. The highest BCUT2D eigenvalue weighted by atomic mass is 19.1. The number of benzene rings is 1. The van der Waals surface area contributed by atoms with E-state index in [9.17, 15) is 4.39 Å². The molecule has 0 bridgehead atoms. The number of aryl methyl sites for hydroxylation is 1. The molecule has 1 aromatic rings. The fraction of sp³-hybridized carbons (Fsp3) is 0.500. The standard InChI is InChI=1S/C12H18FNO/c1-8-5-11(15-4)9(6-10(8)13)7-12(2,3)14/h5-6H,7,14H2,1-4H3. The zero-order valence-electron chi connectivity index (χ0n) is 9.73. The van der Waals surface area contributed by atoms with Gasteiger partial charge in [-0.1, -0.05) is 0 Å². The summed E-state index contributed by atoms with van der Waals surface area (Å²) in [6.45, 7) is 5.53. The van der Waals surface area contributed by atoms with Crippen LogP contribution < -0.4 is 10.5 Å². The van der Waals surface area contributed by atoms with Crippen molar-refractivity contribution >= 4 is 0 Å². The van der Waals surface area contributed by atoms with Crippen LogP contribution in [0.3, 0.4) is 0 Å². The molecule has 0 spiro atoms. The molecule has 0 fully saturated rings. The number of rotatable bonds is 3. The molecule has 84 valence electrons. The van der Waals surface area contributed by atoms with Crippen LogP contribution in [0.25, 0.3) is 0 Å². The molecule has 2 N–H and O–H groups in total. The summed E-state index contributed by atoms with van der Waals surface area (Å²) in [5.74, 6) is 0.488. The van der Waals surface area contributed by atoms with Gasteiger partial charge in [0.1, 0.15) is 11.6 Å². The van der Waals surface area contributed by atoms with Crippen molar-refractivity contribution in [3.05, 3.63) is 29.1 Å². The summed E-state index contributed by atoms with van der Waals surface area (Å²) < 4.78 is 18.6. The fourth-order valence-electron chi connectivity index (χ4n) is 1.52. The van der Waals surface area contributed by atoms with E-state index in [4.69, 9.17) is 10.5 Å².